The predicted octanol–water partition coefficient (Wildman–Crippen LogP) is 1.24. The monoisotopic (exact) mass is 267 g/mol. The zero-order chi connectivity index (χ0) is 15.4. The molecule has 19 heavy (non-hydrogen) atoms. The van der Waals surface area contributed by atoms with Crippen LogP contribution in [0.2, 0.25) is 5.31 Å². The van der Waals surface area contributed by atoms with Crippen LogP contribution in [-0.4, -0.2) is 43.3 Å². The average Bonchev–Trinajstić information content (AvgIpc) is 2.25. The molecular weight excluding hydrogens is 241 g/mol. The molecule has 0 spiro atoms. The Morgan fingerprint density at radius 1 is 1.32 bits per heavy atom. The molecule has 0 saturated heterocycles. The predicted molar refractivity (Wildman–Crippen MR) is 78.9 cm³/mol. The van der Waals surface area contributed by atoms with E-state index < -0.39 is 10.9 Å². The summed E-state index contributed by atoms with van der Waals surface area (Å²) in [5.74, 6) is -0.263. The lowest BCUT2D eigenvalue weighted by Gasteiger charge is -2.41. The van der Waals surface area contributed by atoms with E-state index in [4.69, 9.17) is 0 Å². The summed E-state index contributed by atoms with van der Waals surface area (Å²) in [6, 6.07) is 0. The van der Waals surface area contributed by atoms with Crippen LogP contribution < -0.4 is 0 Å². The number of ketones is 1. The Labute approximate surface area is 117 Å². The van der Waals surface area contributed by atoms with Crippen molar-refractivity contribution in [2.75, 3.05) is 7.05 Å². The minimum Gasteiger partial charge on any atom is -0.340 e. The molecule has 0 radical (unpaired) electrons. The Morgan fingerprint density at radius 2 is 1.79 bits per heavy atom. The number of rotatable bonds is 7. The molecule has 0 fully saturated rings. The Hall–Kier alpha value is -1.13. The summed E-state index contributed by atoms with van der Waals surface area (Å²) in [4.78, 5) is 36.0. The highest BCUT2D eigenvalue weighted by Crippen LogP contribution is 2.35. The smallest absolute Gasteiger partial charge is 0.226 e. The Kier molecular flexibility index (Phi) is 5.98. The number of aldehydes is 1. The van der Waals surface area contributed by atoms with Gasteiger partial charge in [0, 0.05) is 24.9 Å². The summed E-state index contributed by atoms with van der Waals surface area (Å²) in [5.41, 5.74) is -0.427. The van der Waals surface area contributed by atoms with Gasteiger partial charge in [-0.05, 0) is 32.5 Å². The highest BCUT2D eigenvalue weighted by atomic mass is 16.2. The van der Waals surface area contributed by atoms with Crippen LogP contribution in [0.5, 0.6) is 0 Å². The van der Waals surface area contributed by atoms with Crippen LogP contribution in [0.15, 0.2) is 0 Å². The number of carbonyl (C=O) groups excluding carboxylic acids is 3. The first kappa shape index (κ1) is 17.9. The largest absolute Gasteiger partial charge is 0.340 e. The molecule has 1 amide bonds. The summed E-state index contributed by atoms with van der Waals surface area (Å²) in [6.07, 6.45) is 1.59. The Balaban J connectivity index is 4.95. The normalized spacial score (nSPS) is 16.3. The second kappa shape index (κ2) is 6.35. The maximum atomic E-state index is 12.2. The summed E-state index contributed by atoms with van der Waals surface area (Å²) < 4.78 is 0. The molecule has 0 aliphatic heterocycles. The summed E-state index contributed by atoms with van der Waals surface area (Å²) in [5, 5.41) is -0.466. The van der Waals surface area contributed by atoms with Gasteiger partial charge >= 0.3 is 0 Å². The quantitative estimate of drug-likeness (QED) is 0.515. The van der Waals surface area contributed by atoms with E-state index in [9.17, 15) is 14.4 Å². The number of amides is 1. The molecule has 2 unspecified atom stereocenters. The van der Waals surface area contributed by atoms with E-state index >= 15 is 0 Å². The molecule has 5 heteroatoms. The number of nitrogens with zero attached hydrogens (tertiary/aromatic N) is 1. The SMILES string of the molecule is BC(C)(CC(C)(C)N(C)C(=O)C(C)CC=O)C(C)=O. The second-order valence-electron chi connectivity index (χ2n) is 6.63. The molecular formula is C14H26BNO3. The lowest BCUT2D eigenvalue weighted by Crippen LogP contribution is -2.49. The minimum absolute atomic E-state index is 0.0588. The van der Waals surface area contributed by atoms with E-state index in [1.54, 1.807) is 25.8 Å². The molecule has 0 aromatic rings. The molecule has 0 aliphatic rings. The molecule has 0 aromatic carbocycles. The van der Waals surface area contributed by atoms with Gasteiger partial charge in [-0.25, -0.2) is 0 Å². The van der Waals surface area contributed by atoms with Crippen LogP contribution in [-0.2, 0) is 14.4 Å². The van der Waals surface area contributed by atoms with E-state index in [1.807, 2.05) is 28.6 Å². The van der Waals surface area contributed by atoms with Gasteiger partial charge in [-0.15, -0.1) is 0 Å². The zero-order valence-corrected chi connectivity index (χ0v) is 13.2. The maximum absolute atomic E-state index is 12.2. The van der Waals surface area contributed by atoms with Gasteiger partial charge in [0.05, 0.1) is 0 Å². The van der Waals surface area contributed by atoms with Crippen LogP contribution in [0.4, 0.5) is 0 Å². The molecule has 0 aliphatic carbocycles. The molecule has 4 nitrogen and oxygen atoms in total. The van der Waals surface area contributed by atoms with Crippen molar-refractivity contribution in [3.63, 3.8) is 0 Å². The topological polar surface area (TPSA) is 54.5 Å². The van der Waals surface area contributed by atoms with Crippen molar-refractivity contribution in [2.24, 2.45) is 5.92 Å². The fourth-order valence-corrected chi connectivity index (χ4v) is 2.20. The van der Waals surface area contributed by atoms with Crippen molar-refractivity contribution in [3.05, 3.63) is 0 Å². The summed E-state index contributed by atoms with van der Waals surface area (Å²) in [6.45, 7) is 9.11. The fraction of sp³-hybridized carbons (Fsp3) is 0.786. The van der Waals surface area contributed by atoms with Gasteiger partial charge in [0.25, 0.3) is 0 Å². The first-order chi connectivity index (χ1) is 8.45. The van der Waals surface area contributed by atoms with Crippen LogP contribution in [0.1, 0.15) is 47.5 Å². The third kappa shape index (κ3) is 4.81. The van der Waals surface area contributed by atoms with Gasteiger partial charge in [-0.3, -0.25) is 4.79 Å². The van der Waals surface area contributed by atoms with Gasteiger partial charge in [-0.1, -0.05) is 13.8 Å². The van der Waals surface area contributed by atoms with Crippen molar-refractivity contribution in [3.8, 4) is 0 Å². The van der Waals surface area contributed by atoms with E-state index in [2.05, 4.69) is 0 Å². The Morgan fingerprint density at radius 3 is 2.16 bits per heavy atom. The first-order valence-electron chi connectivity index (χ1n) is 6.68. The van der Waals surface area contributed by atoms with Gasteiger partial charge in [0.15, 0.2) is 0 Å². The van der Waals surface area contributed by atoms with Crippen LogP contribution in [0.3, 0.4) is 0 Å². The van der Waals surface area contributed by atoms with E-state index in [-0.39, 0.29) is 24.0 Å². The molecule has 2 atom stereocenters. The van der Waals surface area contributed by atoms with E-state index in [0.717, 1.165) is 6.29 Å². The number of hydrogen-bond acceptors (Lipinski definition) is 3. The second-order valence-corrected chi connectivity index (χ2v) is 6.63. The fourth-order valence-electron chi connectivity index (χ4n) is 2.20. The zero-order valence-electron chi connectivity index (χ0n) is 13.2. The number of Topliss-reactive ketones (excluding diaryl/α,β-unsaturated/α-hetero) is 1. The van der Waals surface area contributed by atoms with E-state index in [0.29, 0.717) is 6.42 Å². The third-order valence-corrected chi connectivity index (χ3v) is 3.94. The number of hydrogen-bond donors (Lipinski definition) is 0. The Bertz CT molecular complexity index is 364. The van der Waals surface area contributed by atoms with Crippen LogP contribution in [0.25, 0.3) is 0 Å². The molecule has 0 rings (SSSR count). The van der Waals surface area contributed by atoms with Gasteiger partial charge in [0.2, 0.25) is 5.91 Å². The molecule has 108 valence electrons. The average molecular weight is 267 g/mol. The van der Waals surface area contributed by atoms with Crippen molar-refractivity contribution in [1.29, 1.82) is 0 Å². The first-order valence-corrected chi connectivity index (χ1v) is 6.68. The van der Waals surface area contributed by atoms with Crippen molar-refractivity contribution in [1.82, 2.24) is 4.90 Å². The maximum Gasteiger partial charge on any atom is 0.226 e. The summed E-state index contributed by atoms with van der Waals surface area (Å²) >= 11 is 0. The summed E-state index contributed by atoms with van der Waals surface area (Å²) in [7, 11) is 3.63. The highest BCUT2D eigenvalue weighted by Gasteiger charge is 2.37. The lowest BCUT2D eigenvalue weighted by atomic mass is 9.61. The molecule has 0 saturated carbocycles. The molecule has 0 aromatic heterocycles. The van der Waals surface area contributed by atoms with Crippen molar-refractivity contribution < 1.29 is 14.4 Å². The standard InChI is InChI=1S/C14H26BNO3/c1-10(7-8-17)12(19)16(6)13(3,4)9-14(5,15)11(2)18/h8,10H,7,9,15H2,1-6H3. The highest BCUT2D eigenvalue weighted by molar-refractivity contribution is 6.27. The van der Waals surface area contributed by atoms with Crippen LogP contribution in [0, 0.1) is 5.92 Å². The van der Waals surface area contributed by atoms with E-state index in [1.165, 1.54) is 0 Å². The molecule has 0 N–H and O–H groups in total. The van der Waals surface area contributed by atoms with Gasteiger partial charge < -0.3 is 14.5 Å². The lowest BCUT2D eigenvalue weighted by molar-refractivity contribution is -0.140. The molecule has 0 bridgehead atoms. The van der Waals surface area contributed by atoms with Crippen molar-refractivity contribution >= 4 is 25.8 Å². The van der Waals surface area contributed by atoms with Gasteiger partial charge in [-0.2, -0.15) is 0 Å². The van der Waals surface area contributed by atoms with Crippen molar-refractivity contribution in [2.45, 2.75) is 58.3 Å². The number of carbonyl (C=O) groups is 3. The minimum atomic E-state index is -0.466. The third-order valence-electron chi connectivity index (χ3n) is 3.94. The molecule has 0 heterocycles. The van der Waals surface area contributed by atoms with Gasteiger partial charge in [0.1, 0.15) is 19.9 Å². The van der Waals surface area contributed by atoms with Crippen LogP contribution >= 0.6 is 0 Å².